The molecule has 0 saturated carbocycles. The maximum Gasteiger partial charge on any atom is 0.120 e. The van der Waals surface area contributed by atoms with Crippen molar-refractivity contribution in [1.82, 2.24) is 5.32 Å². The maximum atomic E-state index is 9.53. The molecule has 3 N–H and O–H groups in total. The van der Waals surface area contributed by atoms with Crippen molar-refractivity contribution >= 4 is 0 Å². The Morgan fingerprint density at radius 1 is 1.27 bits per heavy atom. The molecule has 0 aliphatic heterocycles. The summed E-state index contributed by atoms with van der Waals surface area (Å²) in [6, 6.07) is 7.30. The van der Waals surface area contributed by atoms with E-state index in [1.165, 1.54) is 0 Å². The van der Waals surface area contributed by atoms with Crippen LogP contribution in [0.4, 0.5) is 0 Å². The first kappa shape index (κ1) is 12.0. The second kappa shape index (κ2) is 5.73. The largest absolute Gasteiger partial charge is 0.508 e. The number of hydrogen-bond acceptors (Lipinski definition) is 3. The van der Waals surface area contributed by atoms with Crippen molar-refractivity contribution in [3.05, 3.63) is 29.8 Å². The molecule has 84 valence electrons. The Morgan fingerprint density at radius 2 is 1.93 bits per heavy atom. The smallest absolute Gasteiger partial charge is 0.120 e. The fourth-order valence-corrected chi connectivity index (χ4v) is 1.41. The number of aromatic hydroxyl groups is 1. The number of para-hydroxylation sites is 1. The number of phenols is 1. The molecule has 1 aromatic rings. The van der Waals surface area contributed by atoms with Crippen molar-refractivity contribution in [2.24, 2.45) is 5.92 Å². The highest BCUT2D eigenvalue weighted by molar-refractivity contribution is 5.31. The Kier molecular flexibility index (Phi) is 4.59. The van der Waals surface area contributed by atoms with Crippen LogP contribution in [0.3, 0.4) is 0 Å². The van der Waals surface area contributed by atoms with Crippen LogP contribution < -0.4 is 5.32 Å². The zero-order chi connectivity index (χ0) is 11.3. The molecule has 0 heterocycles. The summed E-state index contributed by atoms with van der Waals surface area (Å²) in [5, 5.41) is 21.9. The number of phenolic OH excluding ortho intramolecular Hbond substituents is 1. The SMILES string of the molecule is CC(C)[C@@H](CO)NCc1ccccc1O. The van der Waals surface area contributed by atoms with E-state index in [0.29, 0.717) is 18.2 Å². The first-order chi connectivity index (χ1) is 7.15. The number of rotatable bonds is 5. The van der Waals surface area contributed by atoms with Crippen LogP contribution in [-0.2, 0) is 6.54 Å². The van der Waals surface area contributed by atoms with Gasteiger partial charge < -0.3 is 15.5 Å². The van der Waals surface area contributed by atoms with Crippen LogP contribution in [0.5, 0.6) is 5.75 Å². The van der Waals surface area contributed by atoms with Crippen LogP contribution in [-0.4, -0.2) is 22.9 Å². The molecule has 0 fully saturated rings. The van der Waals surface area contributed by atoms with Crippen LogP contribution in [0.15, 0.2) is 24.3 Å². The standard InChI is InChI=1S/C12H19NO2/c1-9(2)11(8-14)13-7-10-5-3-4-6-12(10)15/h3-6,9,11,13-15H,7-8H2,1-2H3/t11-/m1/s1. The van der Waals surface area contributed by atoms with Gasteiger partial charge >= 0.3 is 0 Å². The minimum atomic E-state index is 0.0737. The molecule has 3 heteroatoms. The molecule has 0 spiro atoms. The van der Waals surface area contributed by atoms with Gasteiger partial charge in [0.1, 0.15) is 5.75 Å². The fourth-order valence-electron chi connectivity index (χ4n) is 1.41. The second-order valence-corrected chi connectivity index (χ2v) is 4.04. The van der Waals surface area contributed by atoms with Gasteiger partial charge in [0.15, 0.2) is 0 Å². The highest BCUT2D eigenvalue weighted by Gasteiger charge is 2.11. The van der Waals surface area contributed by atoms with Crippen LogP contribution in [0.25, 0.3) is 0 Å². The Balaban J connectivity index is 2.53. The maximum absolute atomic E-state index is 9.53. The molecule has 1 atom stereocenters. The monoisotopic (exact) mass is 209 g/mol. The van der Waals surface area contributed by atoms with E-state index < -0.39 is 0 Å². The van der Waals surface area contributed by atoms with E-state index in [1.54, 1.807) is 12.1 Å². The zero-order valence-electron chi connectivity index (χ0n) is 9.27. The fraction of sp³-hybridized carbons (Fsp3) is 0.500. The van der Waals surface area contributed by atoms with E-state index >= 15 is 0 Å². The normalized spacial score (nSPS) is 13.1. The molecule has 3 nitrogen and oxygen atoms in total. The quantitative estimate of drug-likeness (QED) is 0.689. The van der Waals surface area contributed by atoms with Gasteiger partial charge in [-0.1, -0.05) is 32.0 Å². The van der Waals surface area contributed by atoms with E-state index in [9.17, 15) is 5.11 Å². The van der Waals surface area contributed by atoms with Gasteiger partial charge in [-0.05, 0) is 12.0 Å². The van der Waals surface area contributed by atoms with Crippen LogP contribution in [0, 0.1) is 5.92 Å². The number of hydrogen-bond donors (Lipinski definition) is 3. The minimum absolute atomic E-state index is 0.0737. The molecule has 0 aromatic heterocycles. The summed E-state index contributed by atoms with van der Waals surface area (Å²) in [5.74, 6) is 0.673. The molecular weight excluding hydrogens is 190 g/mol. The lowest BCUT2D eigenvalue weighted by atomic mass is 10.0. The number of aliphatic hydroxyl groups excluding tert-OH is 1. The van der Waals surface area contributed by atoms with Crippen molar-refractivity contribution in [3.8, 4) is 5.75 Å². The first-order valence-electron chi connectivity index (χ1n) is 5.26. The minimum Gasteiger partial charge on any atom is -0.508 e. The molecule has 0 unspecified atom stereocenters. The molecule has 0 bridgehead atoms. The van der Waals surface area contributed by atoms with E-state index in [4.69, 9.17) is 5.11 Å². The van der Waals surface area contributed by atoms with Gasteiger partial charge in [0, 0.05) is 18.2 Å². The highest BCUT2D eigenvalue weighted by Crippen LogP contribution is 2.15. The van der Waals surface area contributed by atoms with E-state index in [0.717, 1.165) is 5.56 Å². The summed E-state index contributed by atoms with van der Waals surface area (Å²) in [4.78, 5) is 0. The molecule has 0 aliphatic rings. The third kappa shape index (κ3) is 3.53. The summed E-state index contributed by atoms with van der Waals surface area (Å²) >= 11 is 0. The average molecular weight is 209 g/mol. The molecule has 0 radical (unpaired) electrons. The summed E-state index contributed by atoms with van der Waals surface area (Å²) in [6.45, 7) is 4.80. The third-order valence-electron chi connectivity index (χ3n) is 2.55. The van der Waals surface area contributed by atoms with Gasteiger partial charge in [-0.2, -0.15) is 0 Å². The van der Waals surface area contributed by atoms with Crippen LogP contribution >= 0.6 is 0 Å². The van der Waals surface area contributed by atoms with Crippen molar-refractivity contribution in [1.29, 1.82) is 0 Å². The summed E-state index contributed by atoms with van der Waals surface area (Å²) in [6.07, 6.45) is 0. The molecule has 0 saturated heterocycles. The molecule has 1 rings (SSSR count). The van der Waals surface area contributed by atoms with E-state index in [-0.39, 0.29) is 12.6 Å². The Bertz CT molecular complexity index is 299. The van der Waals surface area contributed by atoms with Crippen molar-refractivity contribution in [3.63, 3.8) is 0 Å². The van der Waals surface area contributed by atoms with Gasteiger partial charge in [-0.15, -0.1) is 0 Å². The van der Waals surface area contributed by atoms with Gasteiger partial charge in [0.2, 0.25) is 0 Å². The molecule has 0 amide bonds. The van der Waals surface area contributed by atoms with E-state index in [1.807, 2.05) is 12.1 Å². The number of benzene rings is 1. The lowest BCUT2D eigenvalue weighted by Gasteiger charge is -2.20. The van der Waals surface area contributed by atoms with Gasteiger partial charge in [-0.3, -0.25) is 0 Å². The number of nitrogens with one attached hydrogen (secondary N) is 1. The predicted octanol–water partition coefficient (Wildman–Crippen LogP) is 1.50. The van der Waals surface area contributed by atoms with E-state index in [2.05, 4.69) is 19.2 Å². The van der Waals surface area contributed by atoms with Crippen molar-refractivity contribution < 1.29 is 10.2 Å². The molecule has 15 heavy (non-hydrogen) atoms. The van der Waals surface area contributed by atoms with Gasteiger partial charge in [0.05, 0.1) is 6.61 Å². The predicted molar refractivity (Wildman–Crippen MR) is 60.7 cm³/mol. The van der Waals surface area contributed by atoms with Crippen molar-refractivity contribution in [2.75, 3.05) is 6.61 Å². The third-order valence-corrected chi connectivity index (χ3v) is 2.55. The molecular formula is C12H19NO2. The Morgan fingerprint density at radius 3 is 2.47 bits per heavy atom. The summed E-state index contributed by atoms with van der Waals surface area (Å²) in [7, 11) is 0. The zero-order valence-corrected chi connectivity index (χ0v) is 9.27. The molecule has 1 aromatic carbocycles. The summed E-state index contributed by atoms with van der Waals surface area (Å²) < 4.78 is 0. The second-order valence-electron chi connectivity index (χ2n) is 4.04. The van der Waals surface area contributed by atoms with Gasteiger partial charge in [-0.25, -0.2) is 0 Å². The lowest BCUT2D eigenvalue weighted by Crippen LogP contribution is -2.36. The van der Waals surface area contributed by atoms with Crippen LogP contribution in [0.1, 0.15) is 19.4 Å². The summed E-state index contributed by atoms with van der Waals surface area (Å²) in [5.41, 5.74) is 0.858. The topological polar surface area (TPSA) is 52.5 Å². The lowest BCUT2D eigenvalue weighted by molar-refractivity contribution is 0.209. The number of aliphatic hydroxyl groups is 1. The highest BCUT2D eigenvalue weighted by atomic mass is 16.3. The van der Waals surface area contributed by atoms with Crippen LogP contribution in [0.2, 0.25) is 0 Å². The Labute approximate surface area is 90.8 Å². The van der Waals surface area contributed by atoms with Crippen molar-refractivity contribution in [2.45, 2.75) is 26.4 Å². The molecule has 0 aliphatic carbocycles. The first-order valence-corrected chi connectivity index (χ1v) is 5.26. The average Bonchev–Trinajstić information content (AvgIpc) is 2.21. The van der Waals surface area contributed by atoms with Gasteiger partial charge in [0.25, 0.3) is 0 Å². The Hall–Kier alpha value is -1.06.